The molecular formula is C22H27NO. The molecule has 24 heavy (non-hydrogen) atoms. The predicted octanol–water partition coefficient (Wildman–Crippen LogP) is 6.26. The van der Waals surface area contributed by atoms with Crippen LogP contribution in [0.4, 0.5) is 0 Å². The Labute approximate surface area is 144 Å². The Hall–Kier alpha value is -2.22. The molecular weight excluding hydrogens is 294 g/mol. The highest BCUT2D eigenvalue weighted by atomic mass is 16.5. The van der Waals surface area contributed by atoms with Gasteiger partial charge < -0.3 is 9.72 Å². The standard InChI is InChI=1S/C22H27NO/c1-14(2)15-7-8-17(21(12-15)24-6)18-11-16-9-10-23-20(16)13-19(18)22(3,4)5/h7-14,23H,1-6H3. The van der Waals surface area contributed by atoms with Crippen molar-refractivity contribution in [2.24, 2.45) is 0 Å². The normalized spacial score (nSPS) is 12.1. The van der Waals surface area contributed by atoms with E-state index in [1.54, 1.807) is 7.11 Å². The highest BCUT2D eigenvalue weighted by molar-refractivity contribution is 5.89. The van der Waals surface area contributed by atoms with Crippen molar-refractivity contribution in [3.8, 4) is 16.9 Å². The van der Waals surface area contributed by atoms with Crippen LogP contribution in [0.25, 0.3) is 22.0 Å². The van der Waals surface area contributed by atoms with Crippen LogP contribution < -0.4 is 4.74 Å². The Morgan fingerprint density at radius 2 is 1.71 bits per heavy atom. The molecule has 1 heterocycles. The topological polar surface area (TPSA) is 25.0 Å². The van der Waals surface area contributed by atoms with E-state index < -0.39 is 0 Å². The summed E-state index contributed by atoms with van der Waals surface area (Å²) in [6.07, 6.45) is 2.00. The van der Waals surface area contributed by atoms with Crippen molar-refractivity contribution in [3.63, 3.8) is 0 Å². The number of fused-ring (bicyclic) bond motifs is 1. The molecule has 0 aliphatic carbocycles. The van der Waals surface area contributed by atoms with Gasteiger partial charge in [0.25, 0.3) is 0 Å². The zero-order chi connectivity index (χ0) is 17.5. The summed E-state index contributed by atoms with van der Waals surface area (Å²) < 4.78 is 5.74. The van der Waals surface area contributed by atoms with Gasteiger partial charge in [-0.25, -0.2) is 0 Å². The maximum Gasteiger partial charge on any atom is 0.126 e. The Balaban J connectivity index is 2.28. The van der Waals surface area contributed by atoms with E-state index >= 15 is 0 Å². The molecule has 0 unspecified atom stereocenters. The fourth-order valence-electron chi connectivity index (χ4n) is 3.23. The molecule has 0 saturated heterocycles. The van der Waals surface area contributed by atoms with E-state index in [-0.39, 0.29) is 5.41 Å². The van der Waals surface area contributed by atoms with E-state index in [0.29, 0.717) is 5.92 Å². The van der Waals surface area contributed by atoms with E-state index in [2.05, 4.69) is 76.0 Å². The highest BCUT2D eigenvalue weighted by Gasteiger charge is 2.22. The summed E-state index contributed by atoms with van der Waals surface area (Å²) in [5.41, 5.74) is 6.28. The minimum atomic E-state index is 0.0519. The van der Waals surface area contributed by atoms with Crippen LogP contribution in [0.2, 0.25) is 0 Å². The first-order valence-corrected chi connectivity index (χ1v) is 8.61. The minimum Gasteiger partial charge on any atom is -0.496 e. The molecule has 0 aliphatic rings. The minimum absolute atomic E-state index is 0.0519. The maximum atomic E-state index is 5.74. The van der Waals surface area contributed by atoms with Gasteiger partial charge in [-0.2, -0.15) is 0 Å². The molecule has 0 atom stereocenters. The molecule has 0 saturated carbocycles. The predicted molar refractivity (Wildman–Crippen MR) is 103 cm³/mol. The van der Waals surface area contributed by atoms with Gasteiger partial charge in [-0.1, -0.05) is 46.8 Å². The van der Waals surface area contributed by atoms with Crippen molar-refractivity contribution in [2.45, 2.75) is 46.0 Å². The van der Waals surface area contributed by atoms with Crippen LogP contribution in [0.5, 0.6) is 5.75 Å². The number of hydrogen-bond donors (Lipinski definition) is 1. The number of nitrogens with one attached hydrogen (secondary N) is 1. The molecule has 2 aromatic carbocycles. The third-order valence-electron chi connectivity index (χ3n) is 4.68. The first kappa shape index (κ1) is 16.6. The molecule has 0 bridgehead atoms. The van der Waals surface area contributed by atoms with Crippen molar-refractivity contribution in [3.05, 3.63) is 53.7 Å². The van der Waals surface area contributed by atoms with Crippen LogP contribution >= 0.6 is 0 Å². The summed E-state index contributed by atoms with van der Waals surface area (Å²) in [5.74, 6) is 1.43. The lowest BCUT2D eigenvalue weighted by atomic mass is 9.80. The van der Waals surface area contributed by atoms with Crippen LogP contribution in [-0.4, -0.2) is 12.1 Å². The van der Waals surface area contributed by atoms with Crippen molar-refractivity contribution in [1.82, 2.24) is 4.98 Å². The molecule has 126 valence electrons. The lowest BCUT2D eigenvalue weighted by Gasteiger charge is -2.24. The SMILES string of the molecule is COc1cc(C(C)C)ccc1-c1cc2cc[nH]c2cc1C(C)(C)C. The average Bonchev–Trinajstić information content (AvgIpc) is 2.99. The van der Waals surface area contributed by atoms with E-state index in [9.17, 15) is 0 Å². The van der Waals surface area contributed by atoms with Crippen LogP contribution in [0, 0.1) is 0 Å². The van der Waals surface area contributed by atoms with Gasteiger partial charge >= 0.3 is 0 Å². The van der Waals surface area contributed by atoms with Gasteiger partial charge in [0.1, 0.15) is 5.75 Å². The smallest absolute Gasteiger partial charge is 0.126 e. The summed E-state index contributed by atoms with van der Waals surface area (Å²) in [4.78, 5) is 3.33. The van der Waals surface area contributed by atoms with Gasteiger partial charge in [0, 0.05) is 17.3 Å². The third-order valence-corrected chi connectivity index (χ3v) is 4.68. The molecule has 2 nitrogen and oxygen atoms in total. The fourth-order valence-corrected chi connectivity index (χ4v) is 3.23. The number of methoxy groups -OCH3 is 1. The molecule has 0 amide bonds. The zero-order valence-electron chi connectivity index (χ0n) is 15.5. The maximum absolute atomic E-state index is 5.74. The highest BCUT2D eigenvalue weighted by Crippen LogP contribution is 2.40. The second kappa shape index (κ2) is 6.01. The largest absolute Gasteiger partial charge is 0.496 e. The second-order valence-electron chi connectivity index (χ2n) is 7.83. The van der Waals surface area contributed by atoms with Crippen molar-refractivity contribution >= 4 is 10.9 Å². The second-order valence-corrected chi connectivity index (χ2v) is 7.83. The number of hydrogen-bond acceptors (Lipinski definition) is 1. The van der Waals surface area contributed by atoms with E-state index in [0.717, 1.165) is 11.3 Å². The molecule has 0 radical (unpaired) electrons. The summed E-state index contributed by atoms with van der Waals surface area (Å²) in [6, 6.07) is 13.3. The van der Waals surface area contributed by atoms with E-state index in [1.807, 2.05) is 6.20 Å². The van der Waals surface area contributed by atoms with Gasteiger partial charge in [0.2, 0.25) is 0 Å². The van der Waals surface area contributed by atoms with Gasteiger partial charge in [0.05, 0.1) is 7.11 Å². The van der Waals surface area contributed by atoms with E-state index in [4.69, 9.17) is 4.74 Å². The monoisotopic (exact) mass is 321 g/mol. The summed E-state index contributed by atoms with van der Waals surface area (Å²) >= 11 is 0. The molecule has 2 heteroatoms. The Morgan fingerprint density at radius 3 is 2.33 bits per heavy atom. The third kappa shape index (κ3) is 2.93. The summed E-state index contributed by atoms with van der Waals surface area (Å²) in [6.45, 7) is 11.2. The quantitative estimate of drug-likeness (QED) is 0.604. The first-order chi connectivity index (χ1) is 11.3. The van der Waals surface area contributed by atoms with Gasteiger partial charge in [-0.3, -0.25) is 0 Å². The molecule has 0 spiro atoms. The fraction of sp³-hybridized carbons (Fsp3) is 0.364. The Morgan fingerprint density at radius 1 is 0.958 bits per heavy atom. The molecule has 1 N–H and O–H groups in total. The molecule has 0 aliphatic heterocycles. The number of rotatable bonds is 3. The van der Waals surface area contributed by atoms with Gasteiger partial charge in [-0.05, 0) is 57.7 Å². The average molecular weight is 321 g/mol. The number of aromatic amines is 1. The lowest BCUT2D eigenvalue weighted by molar-refractivity contribution is 0.415. The molecule has 3 aromatic rings. The Bertz CT molecular complexity index is 865. The number of aromatic nitrogens is 1. The van der Waals surface area contributed by atoms with Crippen molar-refractivity contribution in [2.75, 3.05) is 7.11 Å². The van der Waals surface area contributed by atoms with Crippen LogP contribution in [0.15, 0.2) is 42.6 Å². The van der Waals surface area contributed by atoms with Crippen molar-refractivity contribution < 1.29 is 4.74 Å². The lowest BCUT2D eigenvalue weighted by Crippen LogP contribution is -2.13. The summed E-state index contributed by atoms with van der Waals surface area (Å²) in [5, 5.41) is 1.23. The number of H-pyrrole nitrogens is 1. The number of ether oxygens (including phenoxy) is 1. The van der Waals surface area contributed by atoms with Crippen LogP contribution in [0.3, 0.4) is 0 Å². The van der Waals surface area contributed by atoms with Crippen LogP contribution in [-0.2, 0) is 5.41 Å². The zero-order valence-corrected chi connectivity index (χ0v) is 15.5. The molecule has 1 aromatic heterocycles. The Kier molecular flexibility index (Phi) is 4.16. The summed E-state index contributed by atoms with van der Waals surface area (Å²) in [7, 11) is 1.76. The molecule has 3 rings (SSSR count). The number of benzene rings is 2. The first-order valence-electron chi connectivity index (χ1n) is 8.61. The molecule has 0 fully saturated rings. The van der Waals surface area contributed by atoms with Crippen LogP contribution in [0.1, 0.15) is 51.7 Å². The van der Waals surface area contributed by atoms with E-state index in [1.165, 1.54) is 27.6 Å². The van der Waals surface area contributed by atoms with Crippen molar-refractivity contribution in [1.29, 1.82) is 0 Å². The van der Waals surface area contributed by atoms with Gasteiger partial charge in [-0.15, -0.1) is 0 Å². The van der Waals surface area contributed by atoms with Gasteiger partial charge in [0.15, 0.2) is 0 Å².